The van der Waals surface area contributed by atoms with Crippen molar-refractivity contribution in [1.82, 2.24) is 0 Å². The Bertz CT molecular complexity index is 1170. The number of aromatic hydroxyl groups is 1. The molecule has 6 atom stereocenters. The summed E-state index contributed by atoms with van der Waals surface area (Å²) in [7, 11) is 0. The van der Waals surface area contributed by atoms with Crippen molar-refractivity contribution in [2.75, 3.05) is 0 Å². The second-order valence-electron chi connectivity index (χ2n) is 11.4. The van der Waals surface area contributed by atoms with E-state index >= 15 is 0 Å². The van der Waals surface area contributed by atoms with Crippen molar-refractivity contribution in [3.05, 3.63) is 71.8 Å². The summed E-state index contributed by atoms with van der Waals surface area (Å²) in [5.74, 6) is 2.58. The van der Waals surface area contributed by atoms with E-state index in [2.05, 4.69) is 17.1 Å². The summed E-state index contributed by atoms with van der Waals surface area (Å²) in [5, 5.41) is 9.39. The Labute approximate surface area is 237 Å². The maximum atomic E-state index is 13.8. The molecule has 5 unspecified atom stereocenters. The number of hydrogen-bond acceptors (Lipinski definition) is 4. The average molecular weight is 548 g/mol. The van der Waals surface area contributed by atoms with Crippen LogP contribution in [0.4, 0.5) is 4.39 Å². The molecule has 4 rings (SSSR count). The smallest absolute Gasteiger partial charge is 0.245 e. The SMILES string of the molecule is C/C=C\C(C)Oc1ccc(CC(C=NC(=O)CCCC(=O)c2ccc(O)cc2)CCC2C3CC[C@@H](F)CC23)cc1. The van der Waals surface area contributed by atoms with Crippen LogP contribution in [0.1, 0.15) is 81.1 Å². The summed E-state index contributed by atoms with van der Waals surface area (Å²) >= 11 is 0. The first-order valence-corrected chi connectivity index (χ1v) is 14.7. The molecule has 2 fully saturated rings. The van der Waals surface area contributed by atoms with Crippen molar-refractivity contribution >= 4 is 17.9 Å². The second-order valence-corrected chi connectivity index (χ2v) is 11.4. The molecule has 2 aliphatic rings. The number of halogens is 1. The summed E-state index contributed by atoms with van der Waals surface area (Å²) in [6.07, 6.45) is 11.2. The van der Waals surface area contributed by atoms with E-state index in [4.69, 9.17) is 4.74 Å². The number of ketones is 1. The van der Waals surface area contributed by atoms with E-state index in [-0.39, 0.29) is 42.3 Å². The van der Waals surface area contributed by atoms with E-state index in [0.717, 1.165) is 37.0 Å². The van der Waals surface area contributed by atoms with E-state index in [1.165, 1.54) is 12.1 Å². The van der Waals surface area contributed by atoms with E-state index in [9.17, 15) is 19.1 Å². The quantitative estimate of drug-likeness (QED) is 0.149. The Morgan fingerprint density at radius 1 is 1.07 bits per heavy atom. The number of rotatable bonds is 14. The van der Waals surface area contributed by atoms with Gasteiger partial charge in [-0.3, -0.25) is 9.59 Å². The standard InChI is InChI=1S/C34H42FNO4/c1-3-5-23(2)40-29-16-8-24(9-17-29)20-25(10-18-30-31-19-13-27(35)21-32(30)31)22-36-34(39)7-4-6-33(38)26-11-14-28(37)15-12-26/h3,5,8-9,11-12,14-17,22-23,25,27,30-32,37H,4,6-7,10,13,18-21H2,1-2H3/b5-3-,36-22?/t23?,25?,27-,30?,31?,32?/m1/s1. The van der Waals surface area contributed by atoms with Crippen molar-refractivity contribution in [3.63, 3.8) is 0 Å². The molecule has 0 aromatic heterocycles. The zero-order valence-corrected chi connectivity index (χ0v) is 23.7. The number of carbonyl (C=O) groups excluding carboxylic acids is 2. The molecule has 2 aromatic rings. The van der Waals surface area contributed by atoms with Gasteiger partial charge in [-0.15, -0.1) is 0 Å². The molecule has 2 aliphatic carbocycles. The van der Waals surface area contributed by atoms with Crippen LogP contribution < -0.4 is 4.74 Å². The number of Topliss-reactive ketones (excluding diaryl/α,β-unsaturated/α-hetero) is 1. The fourth-order valence-electron chi connectivity index (χ4n) is 6.13. The number of alkyl halides is 1. The summed E-state index contributed by atoms with van der Waals surface area (Å²) in [6.45, 7) is 3.97. The minimum absolute atomic E-state index is 0.00382. The lowest BCUT2D eigenvalue weighted by Crippen LogP contribution is -2.10. The number of ether oxygens (including phenoxy) is 1. The highest BCUT2D eigenvalue weighted by Crippen LogP contribution is 2.58. The highest BCUT2D eigenvalue weighted by Gasteiger charge is 2.52. The van der Waals surface area contributed by atoms with Crippen molar-refractivity contribution in [2.45, 2.75) is 83.9 Å². The lowest BCUT2D eigenvalue weighted by Gasteiger charge is -2.14. The van der Waals surface area contributed by atoms with Gasteiger partial charge in [0, 0.05) is 24.6 Å². The third-order valence-electron chi connectivity index (χ3n) is 8.34. The fourth-order valence-corrected chi connectivity index (χ4v) is 6.13. The Morgan fingerprint density at radius 2 is 1.82 bits per heavy atom. The van der Waals surface area contributed by atoms with Gasteiger partial charge in [-0.1, -0.05) is 18.2 Å². The first-order chi connectivity index (χ1) is 19.3. The summed E-state index contributed by atoms with van der Waals surface area (Å²) in [4.78, 5) is 29.2. The second kappa shape index (κ2) is 14.4. The van der Waals surface area contributed by atoms with Crippen molar-refractivity contribution in [3.8, 4) is 11.5 Å². The number of amides is 1. The number of hydrogen-bond donors (Lipinski definition) is 1. The maximum absolute atomic E-state index is 13.8. The van der Waals surface area contributed by atoms with Crippen LogP contribution >= 0.6 is 0 Å². The number of phenolic OH excluding ortho intramolecular Hbond substituents is 1. The first kappa shape index (κ1) is 29.7. The molecule has 2 aromatic carbocycles. The van der Waals surface area contributed by atoms with Gasteiger partial charge >= 0.3 is 0 Å². The van der Waals surface area contributed by atoms with E-state index in [1.54, 1.807) is 18.3 Å². The van der Waals surface area contributed by atoms with Crippen LogP contribution in [0.2, 0.25) is 0 Å². The third-order valence-corrected chi connectivity index (χ3v) is 8.34. The average Bonchev–Trinajstić information content (AvgIpc) is 3.63. The van der Waals surface area contributed by atoms with E-state index in [1.807, 2.05) is 38.1 Å². The van der Waals surface area contributed by atoms with Crippen LogP contribution in [0.15, 0.2) is 65.7 Å². The van der Waals surface area contributed by atoms with Crippen LogP contribution in [-0.2, 0) is 11.2 Å². The van der Waals surface area contributed by atoms with Gasteiger partial charge in [0.1, 0.15) is 23.8 Å². The number of carbonyl (C=O) groups is 2. The van der Waals surface area contributed by atoms with Crippen LogP contribution in [0.25, 0.3) is 0 Å². The number of benzene rings is 2. The van der Waals surface area contributed by atoms with Crippen LogP contribution in [-0.4, -0.2) is 35.3 Å². The van der Waals surface area contributed by atoms with Crippen molar-refractivity contribution in [2.24, 2.45) is 28.7 Å². The molecule has 0 aliphatic heterocycles. The van der Waals surface area contributed by atoms with E-state index < -0.39 is 6.17 Å². The fraction of sp³-hybridized carbons (Fsp3) is 0.500. The van der Waals surface area contributed by atoms with E-state index in [0.29, 0.717) is 42.6 Å². The molecular formula is C34H42FNO4. The molecule has 1 amide bonds. The molecule has 214 valence electrons. The number of fused-ring (bicyclic) bond motifs is 1. The minimum Gasteiger partial charge on any atom is -0.508 e. The van der Waals surface area contributed by atoms with Crippen LogP contribution in [0.5, 0.6) is 11.5 Å². The van der Waals surface area contributed by atoms with Gasteiger partial charge in [-0.2, -0.15) is 0 Å². The summed E-state index contributed by atoms with van der Waals surface area (Å²) in [6, 6.07) is 14.3. The zero-order chi connectivity index (χ0) is 28.5. The van der Waals surface area contributed by atoms with Gasteiger partial charge < -0.3 is 9.84 Å². The highest BCUT2D eigenvalue weighted by molar-refractivity contribution is 5.96. The Balaban J connectivity index is 1.31. The van der Waals surface area contributed by atoms with Crippen molar-refractivity contribution < 1.29 is 23.8 Å². The Hall–Kier alpha value is -3.28. The number of allylic oxidation sites excluding steroid dienone is 1. The number of nitrogens with zero attached hydrogens (tertiary/aromatic N) is 1. The van der Waals surface area contributed by atoms with Crippen LogP contribution in [0, 0.1) is 23.7 Å². The topological polar surface area (TPSA) is 76.0 Å². The minimum atomic E-state index is -0.640. The van der Waals surface area contributed by atoms with Gasteiger partial charge in [0.2, 0.25) is 5.91 Å². The zero-order valence-electron chi connectivity index (χ0n) is 23.7. The van der Waals surface area contributed by atoms with Gasteiger partial charge in [0.15, 0.2) is 5.78 Å². The molecule has 6 heteroatoms. The Morgan fingerprint density at radius 3 is 2.52 bits per heavy atom. The molecule has 5 nitrogen and oxygen atoms in total. The summed E-state index contributed by atoms with van der Waals surface area (Å²) < 4.78 is 19.8. The molecule has 0 spiro atoms. The molecule has 0 heterocycles. The molecular weight excluding hydrogens is 505 g/mol. The van der Waals surface area contributed by atoms with Gasteiger partial charge in [0.05, 0.1) is 0 Å². The number of aliphatic imine (C=N–C) groups is 1. The lowest BCUT2D eigenvalue weighted by atomic mass is 9.94. The summed E-state index contributed by atoms with van der Waals surface area (Å²) in [5.41, 5.74) is 1.69. The highest BCUT2D eigenvalue weighted by atomic mass is 19.1. The normalized spacial score (nSPS) is 23.6. The maximum Gasteiger partial charge on any atom is 0.245 e. The van der Waals surface area contributed by atoms with Gasteiger partial charge in [0.25, 0.3) is 0 Å². The Kier molecular flexibility index (Phi) is 10.7. The van der Waals surface area contributed by atoms with Gasteiger partial charge in [-0.05, 0) is 131 Å². The molecule has 1 N–H and O–H groups in total. The third kappa shape index (κ3) is 8.87. The number of phenols is 1. The molecule has 2 saturated carbocycles. The molecule has 0 bridgehead atoms. The predicted octanol–water partition coefficient (Wildman–Crippen LogP) is 7.71. The molecule has 0 radical (unpaired) electrons. The van der Waals surface area contributed by atoms with Crippen LogP contribution in [0.3, 0.4) is 0 Å². The largest absolute Gasteiger partial charge is 0.508 e. The molecule has 0 saturated heterocycles. The molecule has 40 heavy (non-hydrogen) atoms. The lowest BCUT2D eigenvalue weighted by molar-refractivity contribution is -0.117. The van der Waals surface area contributed by atoms with Crippen molar-refractivity contribution in [1.29, 1.82) is 0 Å². The monoisotopic (exact) mass is 547 g/mol. The first-order valence-electron chi connectivity index (χ1n) is 14.7. The van der Waals surface area contributed by atoms with Gasteiger partial charge in [-0.25, -0.2) is 9.38 Å². The predicted molar refractivity (Wildman–Crippen MR) is 157 cm³/mol.